The summed E-state index contributed by atoms with van der Waals surface area (Å²) in [7, 11) is 7.15. The summed E-state index contributed by atoms with van der Waals surface area (Å²) in [5.41, 5.74) is 3.01. The van der Waals surface area contributed by atoms with Crippen molar-refractivity contribution in [3.63, 3.8) is 0 Å². The predicted molar refractivity (Wildman–Crippen MR) is 134 cm³/mol. The molecule has 0 amide bonds. The molecule has 0 bridgehead atoms. The fourth-order valence-corrected chi connectivity index (χ4v) is 4.15. The number of hydrogen-bond donors (Lipinski definition) is 1. The highest BCUT2D eigenvalue weighted by molar-refractivity contribution is 5.52. The molecule has 0 heterocycles. The van der Waals surface area contributed by atoms with Crippen molar-refractivity contribution >= 4 is 0 Å². The van der Waals surface area contributed by atoms with Crippen LogP contribution in [0.4, 0.5) is 8.78 Å². The lowest BCUT2D eigenvalue weighted by molar-refractivity contribution is 0.247. The first kappa shape index (κ1) is 26.4. The first-order valence-electron chi connectivity index (χ1n) is 11.6. The second kappa shape index (κ2) is 12.5. The van der Waals surface area contributed by atoms with Crippen LogP contribution in [0.25, 0.3) is 0 Å². The van der Waals surface area contributed by atoms with Gasteiger partial charge < -0.3 is 24.4 Å². The number of phenols is 1. The number of halogens is 2. The van der Waals surface area contributed by atoms with E-state index in [0.717, 1.165) is 42.7 Å². The van der Waals surface area contributed by atoms with Crippen LogP contribution >= 0.6 is 0 Å². The fraction of sp³-hybridized carbons (Fsp3) is 0.357. The number of benzene rings is 3. The summed E-state index contributed by atoms with van der Waals surface area (Å²) in [4.78, 5) is 4.45. The van der Waals surface area contributed by atoms with E-state index in [1.807, 2.05) is 19.2 Å². The van der Waals surface area contributed by atoms with E-state index in [9.17, 15) is 13.9 Å². The van der Waals surface area contributed by atoms with Crippen molar-refractivity contribution < 1.29 is 23.4 Å². The maximum atomic E-state index is 13.5. The summed E-state index contributed by atoms with van der Waals surface area (Å²) in [6, 6.07) is 16.7. The summed E-state index contributed by atoms with van der Waals surface area (Å²) in [6.07, 6.45) is 0.823. The molecule has 3 aromatic carbocycles. The largest absolute Gasteiger partial charge is 0.502 e. The van der Waals surface area contributed by atoms with Crippen molar-refractivity contribution in [2.45, 2.75) is 18.9 Å². The predicted octanol–water partition coefficient (Wildman–Crippen LogP) is 5.27. The van der Waals surface area contributed by atoms with Gasteiger partial charge in [0, 0.05) is 25.6 Å². The van der Waals surface area contributed by atoms with Crippen LogP contribution in [0.15, 0.2) is 60.7 Å². The molecule has 7 heteroatoms. The maximum absolute atomic E-state index is 13.5. The lowest BCUT2D eigenvalue weighted by atomic mass is 9.88. The second-order valence-electron chi connectivity index (χ2n) is 8.83. The molecular formula is C28H34F2N2O3. The molecule has 0 spiro atoms. The summed E-state index contributed by atoms with van der Waals surface area (Å²) in [5, 5.41) is 10.1. The molecule has 0 radical (unpaired) electrons. The first-order valence-corrected chi connectivity index (χ1v) is 11.6. The molecule has 0 saturated heterocycles. The van der Waals surface area contributed by atoms with Crippen LogP contribution in [-0.4, -0.2) is 62.9 Å². The van der Waals surface area contributed by atoms with Crippen LogP contribution in [0, 0.1) is 11.6 Å². The van der Waals surface area contributed by atoms with E-state index in [-0.39, 0.29) is 23.3 Å². The van der Waals surface area contributed by atoms with Crippen LogP contribution in [0.5, 0.6) is 17.2 Å². The van der Waals surface area contributed by atoms with E-state index in [4.69, 9.17) is 9.47 Å². The first-order chi connectivity index (χ1) is 16.8. The Morgan fingerprint density at radius 2 is 1.20 bits per heavy atom. The maximum Gasteiger partial charge on any atom is 0.200 e. The number of ether oxygens (including phenoxy) is 2. The zero-order valence-electron chi connectivity index (χ0n) is 20.8. The van der Waals surface area contributed by atoms with Crippen LogP contribution in [-0.2, 0) is 6.54 Å². The van der Waals surface area contributed by atoms with Crippen LogP contribution in [0.3, 0.4) is 0 Å². The number of likely N-dealkylation sites (N-methyl/N-ethyl adjacent to an activating group) is 2. The van der Waals surface area contributed by atoms with Crippen LogP contribution in [0.2, 0.25) is 0 Å². The monoisotopic (exact) mass is 484 g/mol. The molecular weight excluding hydrogens is 450 g/mol. The van der Waals surface area contributed by atoms with E-state index in [0.29, 0.717) is 18.0 Å². The number of methoxy groups -OCH3 is 2. The van der Waals surface area contributed by atoms with Gasteiger partial charge >= 0.3 is 0 Å². The van der Waals surface area contributed by atoms with Gasteiger partial charge in [-0.2, -0.15) is 0 Å². The molecule has 5 nitrogen and oxygen atoms in total. The summed E-state index contributed by atoms with van der Waals surface area (Å²) in [6.45, 7) is 3.19. The SMILES string of the molecule is COc1cc(CN(C)CCN(C)CCC(c2ccc(F)cc2)c2ccc(F)cc2)cc(OC)c1O. The molecule has 0 atom stereocenters. The number of hydrogen-bond acceptors (Lipinski definition) is 5. The van der Waals surface area contributed by atoms with E-state index in [2.05, 4.69) is 16.8 Å². The molecule has 3 aromatic rings. The van der Waals surface area contributed by atoms with Gasteiger partial charge in [-0.3, -0.25) is 0 Å². The van der Waals surface area contributed by atoms with Crippen molar-refractivity contribution in [1.82, 2.24) is 9.80 Å². The zero-order valence-corrected chi connectivity index (χ0v) is 20.8. The Morgan fingerprint density at radius 1 is 0.743 bits per heavy atom. The van der Waals surface area contributed by atoms with E-state index in [1.54, 1.807) is 24.3 Å². The van der Waals surface area contributed by atoms with Gasteiger partial charge in [0.2, 0.25) is 5.75 Å². The summed E-state index contributed by atoms with van der Waals surface area (Å²) >= 11 is 0. The average Bonchev–Trinajstić information content (AvgIpc) is 2.85. The average molecular weight is 485 g/mol. The topological polar surface area (TPSA) is 45.2 Å². The third-order valence-electron chi connectivity index (χ3n) is 6.20. The van der Waals surface area contributed by atoms with Gasteiger partial charge in [0.25, 0.3) is 0 Å². The molecule has 0 aromatic heterocycles. The molecule has 0 saturated carbocycles. The normalized spacial score (nSPS) is 11.5. The molecule has 0 aliphatic heterocycles. The Labute approximate surface area is 206 Å². The van der Waals surface area contributed by atoms with E-state index in [1.165, 1.54) is 38.5 Å². The lowest BCUT2D eigenvalue weighted by Crippen LogP contribution is -2.31. The van der Waals surface area contributed by atoms with Gasteiger partial charge in [-0.1, -0.05) is 24.3 Å². The minimum atomic E-state index is -0.268. The highest BCUT2D eigenvalue weighted by Gasteiger charge is 2.16. The van der Waals surface area contributed by atoms with Crippen LogP contribution in [0.1, 0.15) is 29.0 Å². The van der Waals surface area contributed by atoms with Gasteiger partial charge in [-0.15, -0.1) is 0 Å². The molecule has 188 valence electrons. The van der Waals surface area contributed by atoms with Crippen molar-refractivity contribution in [2.75, 3.05) is 47.9 Å². The highest BCUT2D eigenvalue weighted by Crippen LogP contribution is 2.37. The molecule has 3 rings (SSSR count). The Balaban J connectivity index is 1.58. The van der Waals surface area contributed by atoms with Gasteiger partial charge in [0.1, 0.15) is 11.6 Å². The Kier molecular flexibility index (Phi) is 9.46. The van der Waals surface area contributed by atoms with Gasteiger partial charge in [0.05, 0.1) is 14.2 Å². The van der Waals surface area contributed by atoms with E-state index >= 15 is 0 Å². The van der Waals surface area contributed by atoms with Gasteiger partial charge in [-0.05, 0) is 80.1 Å². The van der Waals surface area contributed by atoms with Crippen molar-refractivity contribution in [2.24, 2.45) is 0 Å². The molecule has 35 heavy (non-hydrogen) atoms. The van der Waals surface area contributed by atoms with E-state index < -0.39 is 0 Å². The molecule has 0 aliphatic carbocycles. The molecule has 0 fully saturated rings. The second-order valence-corrected chi connectivity index (χ2v) is 8.83. The Morgan fingerprint density at radius 3 is 1.66 bits per heavy atom. The van der Waals surface area contributed by atoms with Crippen molar-refractivity contribution in [1.29, 1.82) is 0 Å². The smallest absolute Gasteiger partial charge is 0.200 e. The van der Waals surface area contributed by atoms with Crippen molar-refractivity contribution in [3.05, 3.63) is 89.0 Å². The standard InChI is InChI=1S/C28H34F2N2O3/c1-31(15-16-32(2)19-20-17-26(34-3)28(33)27(18-20)35-4)14-13-25(21-5-9-23(29)10-6-21)22-7-11-24(30)12-8-22/h5-12,17-18,25,33H,13-16,19H2,1-4H3. The molecule has 1 N–H and O–H groups in total. The fourth-order valence-electron chi connectivity index (χ4n) is 4.15. The number of nitrogens with zero attached hydrogens (tertiary/aromatic N) is 2. The molecule has 0 aliphatic rings. The third-order valence-corrected chi connectivity index (χ3v) is 6.20. The lowest BCUT2D eigenvalue weighted by Gasteiger charge is -2.25. The summed E-state index contributed by atoms with van der Waals surface area (Å²) in [5.74, 6) is 0.285. The van der Waals surface area contributed by atoms with Crippen LogP contribution < -0.4 is 9.47 Å². The summed E-state index contributed by atoms with van der Waals surface area (Å²) < 4.78 is 37.4. The number of rotatable bonds is 12. The highest BCUT2D eigenvalue weighted by atomic mass is 19.1. The van der Waals surface area contributed by atoms with Crippen molar-refractivity contribution in [3.8, 4) is 17.2 Å². The van der Waals surface area contributed by atoms with Gasteiger partial charge in [0.15, 0.2) is 11.5 Å². The van der Waals surface area contributed by atoms with Gasteiger partial charge in [-0.25, -0.2) is 8.78 Å². The minimum absolute atomic E-state index is 0.00185. The quantitative estimate of drug-likeness (QED) is 0.379. The Hall–Kier alpha value is -3.16. The number of phenolic OH excluding ortho intramolecular Hbond substituents is 1. The third kappa shape index (κ3) is 7.41. The molecule has 0 unspecified atom stereocenters. The Bertz CT molecular complexity index is 1000. The minimum Gasteiger partial charge on any atom is -0.502 e. The zero-order chi connectivity index (χ0) is 25.4. The number of aromatic hydroxyl groups is 1.